The quantitative estimate of drug-likeness (QED) is 0.901. The number of halogens is 1. The third kappa shape index (κ3) is 3.14. The largest absolute Gasteiger partial charge is 0.327 e. The Morgan fingerprint density at radius 1 is 1.42 bits per heavy atom. The van der Waals surface area contributed by atoms with E-state index in [9.17, 15) is 0 Å². The van der Waals surface area contributed by atoms with Crippen molar-refractivity contribution in [1.82, 2.24) is 9.78 Å². The van der Waals surface area contributed by atoms with Gasteiger partial charge in [-0.3, -0.25) is 4.68 Å². The molecule has 3 unspecified atom stereocenters. The normalized spacial score (nSPS) is 24.9. The second-order valence-electron chi connectivity index (χ2n) is 5.90. The Kier molecular flexibility index (Phi) is 4.91. The third-order valence-corrected chi connectivity index (χ3v) is 5.13. The summed E-state index contributed by atoms with van der Waals surface area (Å²) in [7, 11) is 1.97. The molecule has 0 radical (unpaired) electrons. The fraction of sp³-hybridized carbons (Fsp3) is 0.800. The minimum absolute atomic E-state index is 0.217. The molecule has 0 amide bonds. The van der Waals surface area contributed by atoms with E-state index >= 15 is 0 Å². The number of aryl methyl sites for hydroxylation is 2. The summed E-state index contributed by atoms with van der Waals surface area (Å²) in [5.41, 5.74) is 8.51. The average molecular weight is 284 g/mol. The van der Waals surface area contributed by atoms with Crippen LogP contribution in [0.4, 0.5) is 0 Å². The third-order valence-electron chi connectivity index (χ3n) is 4.70. The molecular formula is C15H26ClN3. The van der Waals surface area contributed by atoms with Crippen molar-refractivity contribution in [1.29, 1.82) is 0 Å². The van der Waals surface area contributed by atoms with Gasteiger partial charge in [0.25, 0.3) is 0 Å². The number of rotatable bonds is 5. The van der Waals surface area contributed by atoms with E-state index in [0.29, 0.717) is 5.92 Å². The Labute approximate surface area is 121 Å². The van der Waals surface area contributed by atoms with Crippen molar-refractivity contribution in [2.45, 2.75) is 58.4 Å². The van der Waals surface area contributed by atoms with Crippen molar-refractivity contribution < 1.29 is 0 Å². The van der Waals surface area contributed by atoms with Crippen molar-refractivity contribution in [2.75, 3.05) is 0 Å². The van der Waals surface area contributed by atoms with Crippen molar-refractivity contribution in [2.24, 2.45) is 24.6 Å². The van der Waals surface area contributed by atoms with E-state index in [1.807, 2.05) is 11.7 Å². The molecule has 1 fully saturated rings. The van der Waals surface area contributed by atoms with Crippen LogP contribution in [-0.4, -0.2) is 15.8 Å². The molecule has 0 saturated heterocycles. The van der Waals surface area contributed by atoms with E-state index in [4.69, 9.17) is 17.3 Å². The second kappa shape index (κ2) is 6.27. The lowest BCUT2D eigenvalue weighted by Crippen LogP contribution is -2.31. The highest BCUT2D eigenvalue weighted by molar-refractivity contribution is 6.31. The first-order valence-corrected chi connectivity index (χ1v) is 7.90. The highest BCUT2D eigenvalue weighted by atomic mass is 35.5. The molecule has 0 bridgehead atoms. The van der Waals surface area contributed by atoms with Crippen LogP contribution in [0, 0.1) is 11.8 Å². The van der Waals surface area contributed by atoms with Gasteiger partial charge in [0.05, 0.1) is 16.4 Å². The Morgan fingerprint density at radius 3 is 2.68 bits per heavy atom. The SMILES string of the molecule is CCc1nn(C)c(CC(N)C2CCC(CC)C2)c1Cl. The van der Waals surface area contributed by atoms with E-state index in [1.54, 1.807) is 0 Å². The Balaban J connectivity index is 2.03. The van der Waals surface area contributed by atoms with Crippen LogP contribution < -0.4 is 5.73 Å². The monoisotopic (exact) mass is 283 g/mol. The van der Waals surface area contributed by atoms with Gasteiger partial charge in [-0.1, -0.05) is 38.3 Å². The van der Waals surface area contributed by atoms with Gasteiger partial charge in [0.15, 0.2) is 0 Å². The summed E-state index contributed by atoms with van der Waals surface area (Å²) >= 11 is 6.40. The van der Waals surface area contributed by atoms with Crippen molar-refractivity contribution in [3.05, 3.63) is 16.4 Å². The van der Waals surface area contributed by atoms with Crippen LogP contribution in [0.15, 0.2) is 0 Å². The maximum absolute atomic E-state index is 6.42. The maximum Gasteiger partial charge on any atom is 0.0850 e. The molecule has 0 aromatic carbocycles. The van der Waals surface area contributed by atoms with Gasteiger partial charge in [0, 0.05) is 19.5 Å². The molecule has 19 heavy (non-hydrogen) atoms. The summed E-state index contributed by atoms with van der Waals surface area (Å²) in [6, 6.07) is 0.217. The first-order chi connectivity index (χ1) is 9.06. The van der Waals surface area contributed by atoms with Crippen molar-refractivity contribution in [3.63, 3.8) is 0 Å². The van der Waals surface area contributed by atoms with Crippen LogP contribution in [0.2, 0.25) is 5.02 Å². The van der Waals surface area contributed by atoms with Gasteiger partial charge < -0.3 is 5.73 Å². The predicted molar refractivity (Wildman–Crippen MR) is 80.4 cm³/mol. The van der Waals surface area contributed by atoms with Crippen LogP contribution in [0.5, 0.6) is 0 Å². The molecule has 1 heterocycles. The summed E-state index contributed by atoms with van der Waals surface area (Å²) in [5, 5.41) is 5.29. The Morgan fingerprint density at radius 2 is 2.16 bits per heavy atom. The number of aromatic nitrogens is 2. The molecule has 0 aliphatic heterocycles. The van der Waals surface area contributed by atoms with Crippen molar-refractivity contribution >= 4 is 11.6 Å². The van der Waals surface area contributed by atoms with Gasteiger partial charge in [-0.15, -0.1) is 0 Å². The zero-order valence-corrected chi connectivity index (χ0v) is 13.1. The smallest absolute Gasteiger partial charge is 0.0850 e. The minimum atomic E-state index is 0.217. The average Bonchev–Trinajstić information content (AvgIpc) is 2.98. The Hall–Kier alpha value is -0.540. The van der Waals surface area contributed by atoms with E-state index < -0.39 is 0 Å². The van der Waals surface area contributed by atoms with Crippen LogP contribution >= 0.6 is 11.6 Å². The summed E-state index contributed by atoms with van der Waals surface area (Å²) in [5.74, 6) is 1.53. The summed E-state index contributed by atoms with van der Waals surface area (Å²) < 4.78 is 1.91. The number of nitrogens with two attached hydrogens (primary N) is 1. The van der Waals surface area contributed by atoms with Crippen LogP contribution in [0.25, 0.3) is 0 Å². The molecule has 2 rings (SSSR count). The van der Waals surface area contributed by atoms with Gasteiger partial charge in [0.1, 0.15) is 0 Å². The highest BCUT2D eigenvalue weighted by Crippen LogP contribution is 2.35. The van der Waals surface area contributed by atoms with Gasteiger partial charge in [-0.2, -0.15) is 5.10 Å². The van der Waals surface area contributed by atoms with E-state index in [-0.39, 0.29) is 6.04 Å². The van der Waals surface area contributed by atoms with Crippen LogP contribution in [0.1, 0.15) is 50.9 Å². The molecule has 1 aromatic rings. The molecule has 3 atom stereocenters. The molecule has 2 N–H and O–H groups in total. The molecular weight excluding hydrogens is 258 g/mol. The maximum atomic E-state index is 6.42. The fourth-order valence-corrected chi connectivity index (χ4v) is 3.68. The Bertz CT molecular complexity index is 427. The summed E-state index contributed by atoms with van der Waals surface area (Å²) in [6.07, 6.45) is 6.92. The molecule has 108 valence electrons. The lowest BCUT2D eigenvalue weighted by Gasteiger charge is -2.19. The van der Waals surface area contributed by atoms with Gasteiger partial charge in [0.2, 0.25) is 0 Å². The second-order valence-corrected chi connectivity index (χ2v) is 6.28. The first kappa shape index (κ1) is 14.9. The van der Waals surface area contributed by atoms with Gasteiger partial charge >= 0.3 is 0 Å². The van der Waals surface area contributed by atoms with Gasteiger partial charge in [-0.05, 0) is 31.1 Å². The van der Waals surface area contributed by atoms with E-state index in [1.165, 1.54) is 25.7 Å². The standard InChI is InChI=1S/C15H26ClN3/c1-4-10-6-7-11(8-10)12(17)9-14-15(16)13(5-2)18-19(14)3/h10-12H,4-9,17H2,1-3H3. The number of nitrogens with zero attached hydrogens (tertiary/aromatic N) is 2. The molecule has 1 aliphatic carbocycles. The summed E-state index contributed by atoms with van der Waals surface area (Å²) in [4.78, 5) is 0. The predicted octanol–water partition coefficient (Wildman–Crippen LogP) is 3.33. The van der Waals surface area contributed by atoms with Crippen molar-refractivity contribution in [3.8, 4) is 0 Å². The number of hydrogen-bond acceptors (Lipinski definition) is 2. The first-order valence-electron chi connectivity index (χ1n) is 7.52. The van der Waals surface area contributed by atoms with E-state index in [0.717, 1.165) is 35.2 Å². The van der Waals surface area contributed by atoms with Gasteiger partial charge in [-0.25, -0.2) is 0 Å². The molecule has 0 spiro atoms. The zero-order valence-electron chi connectivity index (χ0n) is 12.3. The molecule has 1 aromatic heterocycles. The highest BCUT2D eigenvalue weighted by Gasteiger charge is 2.29. The molecule has 1 saturated carbocycles. The number of hydrogen-bond donors (Lipinski definition) is 1. The lowest BCUT2D eigenvalue weighted by atomic mass is 9.93. The minimum Gasteiger partial charge on any atom is -0.327 e. The molecule has 1 aliphatic rings. The fourth-order valence-electron chi connectivity index (χ4n) is 3.30. The van der Waals surface area contributed by atoms with E-state index in [2.05, 4.69) is 18.9 Å². The van der Waals surface area contributed by atoms with Crippen LogP contribution in [-0.2, 0) is 19.9 Å². The zero-order chi connectivity index (χ0) is 14.0. The van der Waals surface area contributed by atoms with Crippen LogP contribution in [0.3, 0.4) is 0 Å². The topological polar surface area (TPSA) is 43.8 Å². The molecule has 3 nitrogen and oxygen atoms in total. The molecule has 4 heteroatoms. The summed E-state index contributed by atoms with van der Waals surface area (Å²) in [6.45, 7) is 4.37. The lowest BCUT2D eigenvalue weighted by molar-refractivity contribution is 0.399.